The lowest BCUT2D eigenvalue weighted by Crippen LogP contribution is -2.52. The van der Waals surface area contributed by atoms with Gasteiger partial charge in [-0.25, -0.2) is 8.42 Å². The summed E-state index contributed by atoms with van der Waals surface area (Å²) in [5.74, 6) is 0.00592. The number of nitrogens with zero attached hydrogens (tertiary/aromatic N) is 2. The summed E-state index contributed by atoms with van der Waals surface area (Å²) in [5, 5.41) is 3.06. The van der Waals surface area contributed by atoms with E-state index >= 15 is 0 Å². The number of nitrogens with one attached hydrogen (secondary N) is 1. The average molecular weight is 595 g/mol. The Morgan fingerprint density at radius 3 is 2.43 bits per heavy atom. The maximum Gasteiger partial charge on any atom is 0.244 e. The zero-order valence-electron chi connectivity index (χ0n) is 21.0. The summed E-state index contributed by atoms with van der Waals surface area (Å²) in [6.45, 7) is 2.96. The number of rotatable bonds is 10. The van der Waals surface area contributed by atoms with E-state index in [4.69, 9.17) is 9.47 Å². The van der Waals surface area contributed by atoms with Crippen LogP contribution in [0.1, 0.15) is 45.1 Å². The standard InChI is InChI=1S/C26H32BrN3O6S/c1-3-37(33,34)30(22-12-13-23-24(14-22)36-17-35-23)16-25(31)29(15-19-8-10-20(27)11-9-19)18(2)26(32)28-21-6-4-5-7-21/h8-14,18,21H,3-7,15-17H2,1-2H3,(H,28,32). The first-order valence-electron chi connectivity index (χ1n) is 12.4. The molecule has 0 bridgehead atoms. The number of ether oxygens (including phenoxy) is 2. The van der Waals surface area contributed by atoms with Gasteiger partial charge in [-0.1, -0.05) is 40.9 Å². The van der Waals surface area contributed by atoms with Crippen molar-refractivity contribution in [2.45, 2.75) is 58.2 Å². The van der Waals surface area contributed by atoms with E-state index in [1.807, 2.05) is 24.3 Å². The SMILES string of the molecule is CCS(=O)(=O)N(CC(=O)N(Cc1ccc(Br)cc1)C(C)C(=O)NC1CCCC1)c1ccc2c(c1)OCO2. The molecule has 1 heterocycles. The third-order valence-corrected chi connectivity index (χ3v) is 9.03. The number of benzene rings is 2. The van der Waals surface area contributed by atoms with Crippen molar-refractivity contribution in [1.29, 1.82) is 0 Å². The smallest absolute Gasteiger partial charge is 0.244 e. The molecule has 2 aliphatic rings. The molecule has 11 heteroatoms. The van der Waals surface area contributed by atoms with Crippen LogP contribution in [0.4, 0.5) is 5.69 Å². The molecule has 0 saturated heterocycles. The minimum atomic E-state index is -3.82. The molecule has 37 heavy (non-hydrogen) atoms. The fraction of sp³-hybridized carbons (Fsp3) is 0.462. The van der Waals surface area contributed by atoms with Crippen molar-refractivity contribution in [1.82, 2.24) is 10.2 Å². The molecule has 2 aromatic rings. The van der Waals surface area contributed by atoms with Crippen LogP contribution in [-0.2, 0) is 26.2 Å². The number of sulfonamides is 1. The average Bonchev–Trinajstić information content (AvgIpc) is 3.57. The Morgan fingerprint density at radius 2 is 1.76 bits per heavy atom. The third-order valence-electron chi connectivity index (χ3n) is 6.76. The maximum absolute atomic E-state index is 13.8. The molecule has 0 spiro atoms. The summed E-state index contributed by atoms with van der Waals surface area (Å²) in [6.07, 6.45) is 3.98. The summed E-state index contributed by atoms with van der Waals surface area (Å²) in [5.41, 5.74) is 1.12. The number of anilines is 1. The van der Waals surface area contributed by atoms with E-state index in [0.29, 0.717) is 17.2 Å². The summed E-state index contributed by atoms with van der Waals surface area (Å²) in [4.78, 5) is 28.3. The van der Waals surface area contributed by atoms with E-state index in [1.165, 1.54) is 11.8 Å². The molecule has 200 valence electrons. The van der Waals surface area contributed by atoms with Gasteiger partial charge in [0.05, 0.1) is 11.4 Å². The van der Waals surface area contributed by atoms with E-state index in [0.717, 1.165) is 40.0 Å². The van der Waals surface area contributed by atoms with Crippen LogP contribution in [0.5, 0.6) is 11.5 Å². The zero-order valence-corrected chi connectivity index (χ0v) is 23.4. The van der Waals surface area contributed by atoms with Crippen molar-refractivity contribution in [3.05, 3.63) is 52.5 Å². The molecule has 1 fully saturated rings. The highest BCUT2D eigenvalue weighted by molar-refractivity contribution is 9.10. The Bertz CT molecular complexity index is 1230. The molecule has 2 amide bonds. The summed E-state index contributed by atoms with van der Waals surface area (Å²) >= 11 is 3.41. The lowest BCUT2D eigenvalue weighted by atomic mass is 10.1. The lowest BCUT2D eigenvalue weighted by Gasteiger charge is -2.32. The summed E-state index contributed by atoms with van der Waals surface area (Å²) in [6, 6.07) is 11.5. The molecule has 1 atom stereocenters. The van der Waals surface area contributed by atoms with Gasteiger partial charge in [0.2, 0.25) is 28.6 Å². The van der Waals surface area contributed by atoms with E-state index in [1.54, 1.807) is 25.1 Å². The van der Waals surface area contributed by atoms with Crippen molar-refractivity contribution in [3.63, 3.8) is 0 Å². The number of fused-ring (bicyclic) bond motifs is 1. The monoisotopic (exact) mass is 593 g/mol. The van der Waals surface area contributed by atoms with Gasteiger partial charge in [-0.05, 0) is 56.5 Å². The molecule has 0 radical (unpaired) electrons. The van der Waals surface area contributed by atoms with Crippen LogP contribution in [0.15, 0.2) is 46.9 Å². The van der Waals surface area contributed by atoms with Gasteiger partial charge in [0.25, 0.3) is 0 Å². The molecule has 1 aliphatic heterocycles. The van der Waals surface area contributed by atoms with Crippen LogP contribution < -0.4 is 19.1 Å². The minimum Gasteiger partial charge on any atom is -0.454 e. The molecule has 1 N–H and O–H groups in total. The first kappa shape index (κ1) is 27.3. The van der Waals surface area contributed by atoms with Crippen molar-refractivity contribution < 1.29 is 27.5 Å². The Balaban J connectivity index is 1.61. The van der Waals surface area contributed by atoms with Gasteiger partial charge >= 0.3 is 0 Å². The number of carbonyl (C=O) groups is 2. The van der Waals surface area contributed by atoms with Crippen LogP contribution in [-0.4, -0.2) is 56.3 Å². The zero-order chi connectivity index (χ0) is 26.6. The quantitative estimate of drug-likeness (QED) is 0.449. The van der Waals surface area contributed by atoms with Gasteiger partial charge in [-0.2, -0.15) is 0 Å². The number of halogens is 1. The Morgan fingerprint density at radius 1 is 1.08 bits per heavy atom. The van der Waals surface area contributed by atoms with E-state index < -0.39 is 28.5 Å². The molecule has 1 unspecified atom stereocenters. The van der Waals surface area contributed by atoms with Gasteiger partial charge < -0.3 is 19.7 Å². The molecule has 0 aromatic heterocycles. The Labute approximate surface area is 226 Å². The summed E-state index contributed by atoms with van der Waals surface area (Å²) < 4.78 is 38.9. The minimum absolute atomic E-state index is 0.0484. The van der Waals surface area contributed by atoms with E-state index in [2.05, 4.69) is 21.2 Å². The van der Waals surface area contributed by atoms with Crippen molar-refractivity contribution in [3.8, 4) is 11.5 Å². The fourth-order valence-corrected chi connectivity index (χ4v) is 5.84. The molecule has 2 aromatic carbocycles. The normalized spacial score (nSPS) is 15.9. The molecular weight excluding hydrogens is 562 g/mol. The van der Waals surface area contributed by atoms with E-state index in [9.17, 15) is 18.0 Å². The van der Waals surface area contributed by atoms with Crippen LogP contribution >= 0.6 is 15.9 Å². The van der Waals surface area contributed by atoms with Crippen LogP contribution in [0, 0.1) is 0 Å². The lowest BCUT2D eigenvalue weighted by molar-refractivity contribution is -0.139. The number of amides is 2. The second-order valence-electron chi connectivity index (χ2n) is 9.26. The molecule has 9 nitrogen and oxygen atoms in total. The fourth-order valence-electron chi connectivity index (χ4n) is 4.52. The maximum atomic E-state index is 13.8. The second kappa shape index (κ2) is 11.7. The molecular formula is C26H32BrN3O6S. The largest absolute Gasteiger partial charge is 0.454 e. The van der Waals surface area contributed by atoms with Gasteiger partial charge in [-0.15, -0.1) is 0 Å². The number of hydrogen-bond donors (Lipinski definition) is 1. The van der Waals surface area contributed by atoms with Crippen LogP contribution in [0.3, 0.4) is 0 Å². The molecule has 1 saturated carbocycles. The third kappa shape index (κ3) is 6.56. The van der Waals surface area contributed by atoms with Gasteiger partial charge in [0.1, 0.15) is 12.6 Å². The highest BCUT2D eigenvalue weighted by atomic mass is 79.9. The first-order chi connectivity index (χ1) is 17.7. The Kier molecular flexibility index (Phi) is 8.63. The van der Waals surface area contributed by atoms with Gasteiger partial charge in [-0.3, -0.25) is 13.9 Å². The predicted molar refractivity (Wildman–Crippen MR) is 144 cm³/mol. The highest BCUT2D eigenvalue weighted by Gasteiger charge is 2.32. The topological polar surface area (TPSA) is 105 Å². The molecule has 4 rings (SSSR count). The highest BCUT2D eigenvalue weighted by Crippen LogP contribution is 2.36. The first-order valence-corrected chi connectivity index (χ1v) is 14.8. The summed E-state index contributed by atoms with van der Waals surface area (Å²) in [7, 11) is -3.82. The van der Waals surface area contributed by atoms with E-state index in [-0.39, 0.29) is 31.0 Å². The van der Waals surface area contributed by atoms with Gasteiger partial charge in [0, 0.05) is 23.1 Å². The Hall–Kier alpha value is -2.79. The van der Waals surface area contributed by atoms with Crippen LogP contribution in [0.2, 0.25) is 0 Å². The second-order valence-corrected chi connectivity index (χ2v) is 12.4. The van der Waals surface area contributed by atoms with Crippen LogP contribution in [0.25, 0.3) is 0 Å². The van der Waals surface area contributed by atoms with Crippen molar-refractivity contribution in [2.24, 2.45) is 0 Å². The predicted octanol–water partition coefficient (Wildman–Crippen LogP) is 3.81. The van der Waals surface area contributed by atoms with Gasteiger partial charge in [0.15, 0.2) is 11.5 Å². The molecule has 1 aliphatic carbocycles. The van der Waals surface area contributed by atoms with Crippen molar-refractivity contribution >= 4 is 43.5 Å². The number of carbonyl (C=O) groups excluding carboxylic acids is 2. The number of hydrogen-bond acceptors (Lipinski definition) is 6. The van der Waals surface area contributed by atoms with Crippen molar-refractivity contribution in [2.75, 3.05) is 23.4 Å².